The number of hydrogen-bond acceptors (Lipinski definition) is 3. The average Bonchev–Trinajstić information content (AvgIpc) is 2.58. The van der Waals surface area contributed by atoms with E-state index >= 15 is 0 Å². The number of rotatable bonds is 5. The summed E-state index contributed by atoms with van der Waals surface area (Å²) in [4.78, 5) is 2.19. The van der Waals surface area contributed by atoms with Crippen molar-refractivity contribution in [3.8, 4) is 0 Å². The first-order chi connectivity index (χ1) is 6.24. The van der Waals surface area contributed by atoms with Crippen LogP contribution in [0.2, 0.25) is 0 Å². The van der Waals surface area contributed by atoms with Crippen molar-refractivity contribution in [1.82, 2.24) is 19.9 Å². The Bertz CT molecular complexity index is 218. The molecule has 1 aromatic heterocycles. The van der Waals surface area contributed by atoms with Gasteiger partial charge in [-0.15, -0.1) is 5.10 Å². The standard InChI is InChI=1S/C9H18N4/c1-4-9(5-7-12(2)3)13-8-6-10-11-13/h6,8-9H,4-5,7H2,1-3H3. The first kappa shape index (κ1) is 10.2. The van der Waals surface area contributed by atoms with E-state index in [4.69, 9.17) is 0 Å². The molecular formula is C9H18N4. The van der Waals surface area contributed by atoms with Crippen LogP contribution in [0.15, 0.2) is 12.4 Å². The molecule has 0 spiro atoms. The summed E-state index contributed by atoms with van der Waals surface area (Å²) >= 11 is 0. The summed E-state index contributed by atoms with van der Waals surface area (Å²) < 4.78 is 1.95. The molecule has 4 nitrogen and oxygen atoms in total. The fourth-order valence-electron chi connectivity index (χ4n) is 1.34. The average molecular weight is 182 g/mol. The lowest BCUT2D eigenvalue weighted by molar-refractivity contribution is 0.324. The first-order valence-electron chi connectivity index (χ1n) is 4.74. The van der Waals surface area contributed by atoms with E-state index in [0.29, 0.717) is 6.04 Å². The minimum atomic E-state index is 0.491. The molecule has 0 fully saturated rings. The Labute approximate surface area is 79.5 Å². The van der Waals surface area contributed by atoms with Gasteiger partial charge in [-0.1, -0.05) is 12.1 Å². The zero-order valence-electron chi connectivity index (χ0n) is 8.64. The van der Waals surface area contributed by atoms with E-state index in [1.165, 1.54) is 0 Å². The van der Waals surface area contributed by atoms with Crippen LogP contribution in [-0.4, -0.2) is 40.5 Å². The summed E-state index contributed by atoms with van der Waals surface area (Å²) in [5.74, 6) is 0. The molecule has 0 bridgehead atoms. The molecule has 0 aromatic carbocycles. The number of nitrogens with zero attached hydrogens (tertiary/aromatic N) is 4. The van der Waals surface area contributed by atoms with Crippen LogP contribution < -0.4 is 0 Å². The van der Waals surface area contributed by atoms with Crippen LogP contribution in [-0.2, 0) is 0 Å². The van der Waals surface area contributed by atoms with Gasteiger partial charge >= 0.3 is 0 Å². The Morgan fingerprint density at radius 1 is 1.46 bits per heavy atom. The molecule has 0 N–H and O–H groups in total. The lowest BCUT2D eigenvalue weighted by Gasteiger charge is -2.17. The summed E-state index contributed by atoms with van der Waals surface area (Å²) in [5, 5.41) is 7.83. The summed E-state index contributed by atoms with van der Waals surface area (Å²) in [7, 11) is 4.18. The molecule has 13 heavy (non-hydrogen) atoms. The monoisotopic (exact) mass is 182 g/mol. The highest BCUT2D eigenvalue weighted by molar-refractivity contribution is 4.72. The zero-order valence-corrected chi connectivity index (χ0v) is 8.64. The van der Waals surface area contributed by atoms with Crippen molar-refractivity contribution in [2.75, 3.05) is 20.6 Å². The van der Waals surface area contributed by atoms with Crippen LogP contribution in [0.5, 0.6) is 0 Å². The third-order valence-corrected chi connectivity index (χ3v) is 2.20. The summed E-state index contributed by atoms with van der Waals surface area (Å²) in [6.45, 7) is 3.28. The Morgan fingerprint density at radius 3 is 2.69 bits per heavy atom. The molecular weight excluding hydrogens is 164 g/mol. The van der Waals surface area contributed by atoms with Crippen LogP contribution in [0.4, 0.5) is 0 Å². The molecule has 1 aromatic rings. The van der Waals surface area contributed by atoms with Gasteiger partial charge in [0.2, 0.25) is 0 Å². The van der Waals surface area contributed by atoms with Crippen molar-refractivity contribution in [3.63, 3.8) is 0 Å². The predicted molar refractivity (Wildman–Crippen MR) is 52.5 cm³/mol. The van der Waals surface area contributed by atoms with Crippen molar-refractivity contribution in [2.45, 2.75) is 25.8 Å². The molecule has 1 heterocycles. The van der Waals surface area contributed by atoms with E-state index < -0.39 is 0 Å². The van der Waals surface area contributed by atoms with Crippen LogP contribution >= 0.6 is 0 Å². The predicted octanol–water partition coefficient (Wildman–Crippen LogP) is 1.18. The lowest BCUT2D eigenvalue weighted by Crippen LogP contribution is -2.19. The molecule has 0 aliphatic heterocycles. The normalized spacial score (nSPS) is 13.5. The Hall–Kier alpha value is -0.900. The van der Waals surface area contributed by atoms with E-state index in [1.807, 2.05) is 10.9 Å². The summed E-state index contributed by atoms with van der Waals surface area (Å²) in [6, 6.07) is 0.491. The molecule has 0 amide bonds. The van der Waals surface area contributed by atoms with Gasteiger partial charge < -0.3 is 4.90 Å². The molecule has 74 valence electrons. The number of hydrogen-bond donors (Lipinski definition) is 0. The highest BCUT2D eigenvalue weighted by Gasteiger charge is 2.08. The Kier molecular flexibility index (Phi) is 3.89. The van der Waals surface area contributed by atoms with Crippen LogP contribution in [0.3, 0.4) is 0 Å². The van der Waals surface area contributed by atoms with Gasteiger partial charge in [0.15, 0.2) is 0 Å². The minimum absolute atomic E-state index is 0.491. The highest BCUT2D eigenvalue weighted by Crippen LogP contribution is 2.13. The molecule has 1 rings (SSSR count). The van der Waals surface area contributed by atoms with E-state index in [2.05, 4.69) is 36.2 Å². The SMILES string of the molecule is CCC(CCN(C)C)n1ccnn1. The topological polar surface area (TPSA) is 34.0 Å². The molecule has 0 aliphatic rings. The van der Waals surface area contributed by atoms with Gasteiger partial charge in [0.05, 0.1) is 12.2 Å². The maximum atomic E-state index is 4.01. The van der Waals surface area contributed by atoms with Crippen LogP contribution in [0, 0.1) is 0 Å². The van der Waals surface area contributed by atoms with Gasteiger partial charge in [-0.05, 0) is 33.5 Å². The van der Waals surface area contributed by atoms with Gasteiger partial charge in [0, 0.05) is 6.20 Å². The molecule has 0 saturated carbocycles. The second-order valence-corrected chi connectivity index (χ2v) is 3.54. The largest absolute Gasteiger partial charge is 0.309 e. The maximum Gasteiger partial charge on any atom is 0.0693 e. The lowest BCUT2D eigenvalue weighted by atomic mass is 10.1. The Morgan fingerprint density at radius 2 is 2.23 bits per heavy atom. The van der Waals surface area contributed by atoms with E-state index in [9.17, 15) is 0 Å². The van der Waals surface area contributed by atoms with Gasteiger partial charge in [0.25, 0.3) is 0 Å². The van der Waals surface area contributed by atoms with Gasteiger partial charge in [-0.25, -0.2) is 4.68 Å². The van der Waals surface area contributed by atoms with E-state index in [0.717, 1.165) is 19.4 Å². The molecule has 1 atom stereocenters. The van der Waals surface area contributed by atoms with Crippen molar-refractivity contribution in [2.24, 2.45) is 0 Å². The van der Waals surface area contributed by atoms with Crippen molar-refractivity contribution >= 4 is 0 Å². The number of aromatic nitrogens is 3. The molecule has 0 saturated heterocycles. The second kappa shape index (κ2) is 4.97. The molecule has 4 heteroatoms. The van der Waals surface area contributed by atoms with Crippen molar-refractivity contribution in [1.29, 1.82) is 0 Å². The van der Waals surface area contributed by atoms with Gasteiger partial charge in [-0.2, -0.15) is 0 Å². The fraction of sp³-hybridized carbons (Fsp3) is 0.778. The van der Waals surface area contributed by atoms with Crippen LogP contribution in [0.25, 0.3) is 0 Å². The van der Waals surface area contributed by atoms with E-state index in [1.54, 1.807) is 6.20 Å². The van der Waals surface area contributed by atoms with E-state index in [-0.39, 0.29) is 0 Å². The maximum absolute atomic E-state index is 4.01. The Balaban J connectivity index is 2.44. The molecule has 1 unspecified atom stereocenters. The second-order valence-electron chi connectivity index (χ2n) is 3.54. The first-order valence-corrected chi connectivity index (χ1v) is 4.74. The third-order valence-electron chi connectivity index (χ3n) is 2.20. The van der Waals surface area contributed by atoms with Crippen molar-refractivity contribution < 1.29 is 0 Å². The molecule has 0 aliphatic carbocycles. The minimum Gasteiger partial charge on any atom is -0.309 e. The fourth-order valence-corrected chi connectivity index (χ4v) is 1.34. The third kappa shape index (κ3) is 3.14. The quantitative estimate of drug-likeness (QED) is 0.685. The smallest absolute Gasteiger partial charge is 0.0693 e. The van der Waals surface area contributed by atoms with Crippen molar-refractivity contribution in [3.05, 3.63) is 12.4 Å². The zero-order chi connectivity index (χ0) is 9.68. The van der Waals surface area contributed by atoms with Crippen LogP contribution in [0.1, 0.15) is 25.8 Å². The van der Waals surface area contributed by atoms with Gasteiger partial charge in [0.1, 0.15) is 0 Å². The summed E-state index contributed by atoms with van der Waals surface area (Å²) in [6.07, 6.45) is 5.91. The van der Waals surface area contributed by atoms with Gasteiger partial charge in [-0.3, -0.25) is 0 Å². The summed E-state index contributed by atoms with van der Waals surface area (Å²) in [5.41, 5.74) is 0. The highest BCUT2D eigenvalue weighted by atomic mass is 15.4. The molecule has 0 radical (unpaired) electrons.